The van der Waals surface area contributed by atoms with Crippen molar-refractivity contribution in [2.24, 2.45) is 0 Å². The largest absolute Gasteiger partial charge is 0.493 e. The van der Waals surface area contributed by atoms with E-state index in [1.807, 2.05) is 24.8 Å². The third-order valence-electron chi connectivity index (χ3n) is 2.46. The predicted molar refractivity (Wildman–Crippen MR) is 73.4 cm³/mol. The van der Waals surface area contributed by atoms with Gasteiger partial charge in [0.15, 0.2) is 0 Å². The van der Waals surface area contributed by atoms with E-state index in [2.05, 4.69) is 19.9 Å². The first-order valence-corrected chi connectivity index (χ1v) is 6.88. The number of hydrogen-bond acceptors (Lipinski definition) is 3. The topological polar surface area (TPSA) is 35.2 Å². The highest BCUT2D eigenvalue weighted by atomic mass is 32.2. The van der Waals surface area contributed by atoms with E-state index < -0.39 is 0 Å². The Bertz CT molecular complexity index is 339. The summed E-state index contributed by atoms with van der Waals surface area (Å²) in [6.45, 7) is 7.03. The first-order chi connectivity index (χ1) is 7.65. The zero-order valence-corrected chi connectivity index (χ0v) is 11.2. The number of hydrogen-bond donors (Lipinski definition) is 1. The summed E-state index contributed by atoms with van der Waals surface area (Å²) in [6, 6.07) is 4.00. The fraction of sp³-hybridized carbons (Fsp3) is 0.538. The molecule has 0 saturated carbocycles. The number of nitrogens with two attached hydrogens (primary N) is 1. The lowest BCUT2D eigenvalue weighted by atomic mass is 10.1. The highest BCUT2D eigenvalue weighted by Crippen LogP contribution is 2.24. The summed E-state index contributed by atoms with van der Waals surface area (Å²) in [5.41, 5.74) is 8.95. The van der Waals surface area contributed by atoms with E-state index >= 15 is 0 Å². The molecule has 1 aromatic rings. The van der Waals surface area contributed by atoms with E-state index in [1.54, 1.807) is 0 Å². The van der Waals surface area contributed by atoms with Gasteiger partial charge in [0.2, 0.25) is 0 Å². The molecule has 90 valence electrons. The van der Waals surface area contributed by atoms with Crippen molar-refractivity contribution in [2.75, 3.05) is 23.8 Å². The molecule has 1 aromatic carbocycles. The minimum atomic E-state index is 0.774. The smallest absolute Gasteiger partial charge is 0.124 e. The number of anilines is 1. The molecule has 0 aromatic heterocycles. The molecule has 16 heavy (non-hydrogen) atoms. The van der Waals surface area contributed by atoms with Gasteiger partial charge in [0, 0.05) is 11.8 Å². The van der Waals surface area contributed by atoms with Crippen molar-refractivity contribution in [1.82, 2.24) is 0 Å². The summed E-state index contributed by atoms with van der Waals surface area (Å²) in [4.78, 5) is 0. The van der Waals surface area contributed by atoms with Crippen LogP contribution in [0.25, 0.3) is 0 Å². The standard InChI is InChI=1S/C13H21NOS/c1-4-16-7-5-6-15-13-9-12(14)10(2)8-11(13)3/h8-9H,4-7,14H2,1-3H3. The second kappa shape index (κ2) is 6.69. The van der Waals surface area contributed by atoms with Crippen molar-refractivity contribution in [3.8, 4) is 5.75 Å². The maximum Gasteiger partial charge on any atom is 0.124 e. The van der Waals surface area contributed by atoms with Gasteiger partial charge in [0.25, 0.3) is 0 Å². The van der Waals surface area contributed by atoms with E-state index in [1.165, 1.54) is 5.75 Å². The molecule has 0 spiro atoms. The van der Waals surface area contributed by atoms with Gasteiger partial charge < -0.3 is 10.5 Å². The monoisotopic (exact) mass is 239 g/mol. The molecule has 0 aliphatic carbocycles. The average molecular weight is 239 g/mol. The normalized spacial score (nSPS) is 10.4. The van der Waals surface area contributed by atoms with Crippen LogP contribution in [0.2, 0.25) is 0 Å². The first kappa shape index (κ1) is 13.2. The van der Waals surface area contributed by atoms with Gasteiger partial charge in [-0.05, 0) is 42.9 Å². The molecule has 1 rings (SSSR count). The quantitative estimate of drug-likeness (QED) is 0.610. The summed E-state index contributed by atoms with van der Waals surface area (Å²) in [7, 11) is 0. The highest BCUT2D eigenvalue weighted by molar-refractivity contribution is 7.99. The van der Waals surface area contributed by atoms with Crippen LogP contribution >= 0.6 is 11.8 Å². The lowest BCUT2D eigenvalue weighted by Gasteiger charge is -2.11. The van der Waals surface area contributed by atoms with Crippen LogP contribution in [0, 0.1) is 13.8 Å². The fourth-order valence-electron chi connectivity index (χ4n) is 1.49. The number of thioether (sulfide) groups is 1. The van der Waals surface area contributed by atoms with Crippen LogP contribution in [0.1, 0.15) is 24.5 Å². The summed E-state index contributed by atoms with van der Waals surface area (Å²) in [5.74, 6) is 3.26. The number of ether oxygens (including phenoxy) is 1. The van der Waals surface area contributed by atoms with Gasteiger partial charge in [-0.15, -0.1) is 0 Å². The Hall–Kier alpha value is -0.830. The van der Waals surface area contributed by atoms with Gasteiger partial charge in [-0.3, -0.25) is 0 Å². The van der Waals surface area contributed by atoms with Crippen LogP contribution in [0.3, 0.4) is 0 Å². The molecule has 0 bridgehead atoms. The van der Waals surface area contributed by atoms with E-state index in [9.17, 15) is 0 Å². The van der Waals surface area contributed by atoms with Crippen LogP contribution in [0.4, 0.5) is 5.69 Å². The maximum absolute atomic E-state index is 5.86. The molecule has 0 amide bonds. The van der Waals surface area contributed by atoms with E-state index in [0.29, 0.717) is 0 Å². The number of aryl methyl sites for hydroxylation is 2. The summed E-state index contributed by atoms with van der Waals surface area (Å²) in [5, 5.41) is 0. The zero-order chi connectivity index (χ0) is 12.0. The van der Waals surface area contributed by atoms with E-state index in [0.717, 1.165) is 41.3 Å². The molecule has 0 atom stereocenters. The van der Waals surface area contributed by atoms with Gasteiger partial charge in [-0.2, -0.15) is 11.8 Å². The Morgan fingerprint density at radius 3 is 2.69 bits per heavy atom. The molecule has 2 nitrogen and oxygen atoms in total. The Labute approximate surface area is 103 Å². The third-order valence-corrected chi connectivity index (χ3v) is 3.44. The predicted octanol–water partition coefficient (Wildman–Crippen LogP) is 3.41. The van der Waals surface area contributed by atoms with Crippen molar-refractivity contribution in [2.45, 2.75) is 27.2 Å². The molecule has 0 unspecified atom stereocenters. The molecule has 0 fully saturated rings. The van der Waals surface area contributed by atoms with Crippen molar-refractivity contribution >= 4 is 17.4 Å². The van der Waals surface area contributed by atoms with Crippen LogP contribution in [0.15, 0.2) is 12.1 Å². The van der Waals surface area contributed by atoms with Crippen molar-refractivity contribution in [3.05, 3.63) is 23.3 Å². The van der Waals surface area contributed by atoms with Crippen LogP contribution in [0.5, 0.6) is 5.75 Å². The number of nitrogen functional groups attached to an aromatic ring is 1. The number of rotatable bonds is 6. The molecule has 0 heterocycles. The zero-order valence-electron chi connectivity index (χ0n) is 10.4. The van der Waals surface area contributed by atoms with Gasteiger partial charge in [0.1, 0.15) is 5.75 Å². The molecule has 0 aliphatic rings. The molecule has 0 saturated heterocycles. The van der Waals surface area contributed by atoms with Crippen LogP contribution < -0.4 is 10.5 Å². The second-order valence-corrected chi connectivity index (χ2v) is 5.27. The molecular formula is C13H21NOS. The molecule has 0 aliphatic heterocycles. The average Bonchev–Trinajstić information content (AvgIpc) is 2.25. The van der Waals surface area contributed by atoms with Gasteiger partial charge in [-0.25, -0.2) is 0 Å². The minimum absolute atomic E-state index is 0.774. The van der Waals surface area contributed by atoms with Crippen molar-refractivity contribution in [3.63, 3.8) is 0 Å². The Morgan fingerprint density at radius 1 is 1.25 bits per heavy atom. The summed E-state index contributed by atoms with van der Waals surface area (Å²) in [6.07, 6.45) is 1.09. The van der Waals surface area contributed by atoms with E-state index in [-0.39, 0.29) is 0 Å². The lowest BCUT2D eigenvalue weighted by Crippen LogP contribution is -2.02. The number of benzene rings is 1. The van der Waals surface area contributed by atoms with Crippen molar-refractivity contribution < 1.29 is 4.74 Å². The van der Waals surface area contributed by atoms with Crippen LogP contribution in [-0.4, -0.2) is 18.1 Å². The highest BCUT2D eigenvalue weighted by Gasteiger charge is 2.03. The van der Waals surface area contributed by atoms with Gasteiger partial charge >= 0.3 is 0 Å². The van der Waals surface area contributed by atoms with E-state index in [4.69, 9.17) is 10.5 Å². The molecule has 3 heteroatoms. The molecular weight excluding hydrogens is 218 g/mol. The second-order valence-electron chi connectivity index (χ2n) is 3.87. The SMILES string of the molecule is CCSCCCOc1cc(N)c(C)cc1C. The Morgan fingerprint density at radius 2 is 2.00 bits per heavy atom. The Kier molecular flexibility index (Phi) is 5.53. The first-order valence-electron chi connectivity index (χ1n) is 5.72. The molecule has 2 N–H and O–H groups in total. The van der Waals surface area contributed by atoms with Gasteiger partial charge in [0.05, 0.1) is 6.61 Å². The van der Waals surface area contributed by atoms with Crippen LogP contribution in [-0.2, 0) is 0 Å². The summed E-state index contributed by atoms with van der Waals surface area (Å²) < 4.78 is 5.73. The Balaban J connectivity index is 2.45. The third kappa shape index (κ3) is 3.97. The maximum atomic E-state index is 5.86. The molecule has 0 radical (unpaired) electrons. The lowest BCUT2D eigenvalue weighted by molar-refractivity contribution is 0.317. The van der Waals surface area contributed by atoms with Gasteiger partial charge in [-0.1, -0.05) is 13.0 Å². The fourth-order valence-corrected chi connectivity index (χ4v) is 2.10. The minimum Gasteiger partial charge on any atom is -0.493 e. The summed E-state index contributed by atoms with van der Waals surface area (Å²) >= 11 is 1.95. The van der Waals surface area contributed by atoms with Crippen molar-refractivity contribution in [1.29, 1.82) is 0 Å².